The second kappa shape index (κ2) is 7.67. The number of halogens is 1. The highest BCUT2D eigenvalue weighted by Gasteiger charge is 2.13. The van der Waals surface area contributed by atoms with E-state index in [4.69, 9.17) is 9.26 Å². The van der Waals surface area contributed by atoms with Gasteiger partial charge >= 0.3 is 0 Å². The van der Waals surface area contributed by atoms with Crippen LogP contribution in [-0.2, 0) is 4.74 Å². The summed E-state index contributed by atoms with van der Waals surface area (Å²) in [7, 11) is 1.57. The first kappa shape index (κ1) is 16.8. The van der Waals surface area contributed by atoms with E-state index in [2.05, 4.69) is 15.5 Å². The lowest BCUT2D eigenvalue weighted by Gasteiger charge is -2.05. The van der Waals surface area contributed by atoms with Crippen molar-refractivity contribution >= 4 is 5.91 Å². The number of carbonyl (C=O) groups excluding carboxylic acids is 1. The van der Waals surface area contributed by atoms with E-state index in [0.29, 0.717) is 35.7 Å². The van der Waals surface area contributed by atoms with Crippen molar-refractivity contribution in [1.29, 1.82) is 0 Å². The third-order valence-corrected chi connectivity index (χ3v) is 3.49. The van der Waals surface area contributed by atoms with Crippen molar-refractivity contribution in [3.8, 4) is 22.8 Å². The van der Waals surface area contributed by atoms with Gasteiger partial charge in [-0.1, -0.05) is 11.2 Å². The standard InChI is InChI=1S/C18H16FN3O3/c1-24-10-9-20-17(23)13-3-2-4-14(11-13)18-21-16(22-25-18)12-5-7-15(19)8-6-12/h2-8,11H,9-10H2,1H3,(H,20,23). The third kappa shape index (κ3) is 4.07. The van der Waals surface area contributed by atoms with Crippen LogP contribution in [0.2, 0.25) is 0 Å². The lowest BCUT2D eigenvalue weighted by atomic mass is 10.1. The van der Waals surface area contributed by atoms with Crippen LogP contribution >= 0.6 is 0 Å². The van der Waals surface area contributed by atoms with E-state index < -0.39 is 0 Å². The molecule has 0 aliphatic carbocycles. The molecule has 0 spiro atoms. The molecule has 0 radical (unpaired) electrons. The van der Waals surface area contributed by atoms with Gasteiger partial charge in [0.15, 0.2) is 0 Å². The number of hydrogen-bond donors (Lipinski definition) is 1. The summed E-state index contributed by atoms with van der Waals surface area (Å²) in [5.74, 6) is 0.0904. The average Bonchev–Trinajstić information content (AvgIpc) is 3.13. The Morgan fingerprint density at radius 1 is 1.20 bits per heavy atom. The second-order valence-corrected chi connectivity index (χ2v) is 5.26. The molecule has 1 amide bonds. The largest absolute Gasteiger partial charge is 0.383 e. The molecule has 0 fully saturated rings. The quantitative estimate of drug-likeness (QED) is 0.698. The molecule has 7 heteroatoms. The van der Waals surface area contributed by atoms with Gasteiger partial charge in [0.1, 0.15) is 5.82 Å². The van der Waals surface area contributed by atoms with Crippen LogP contribution in [0.15, 0.2) is 53.1 Å². The van der Waals surface area contributed by atoms with Crippen LogP contribution in [0.25, 0.3) is 22.8 Å². The molecule has 0 saturated heterocycles. The number of ether oxygens (including phenoxy) is 1. The van der Waals surface area contributed by atoms with E-state index in [1.54, 1.807) is 43.5 Å². The molecule has 6 nitrogen and oxygen atoms in total. The maximum atomic E-state index is 13.0. The molecule has 0 atom stereocenters. The average molecular weight is 341 g/mol. The van der Waals surface area contributed by atoms with E-state index in [0.717, 1.165) is 0 Å². The molecule has 0 aliphatic heterocycles. The molecule has 2 aromatic carbocycles. The molecule has 1 aromatic heterocycles. The molecular formula is C18H16FN3O3. The van der Waals surface area contributed by atoms with Crippen LogP contribution < -0.4 is 5.32 Å². The van der Waals surface area contributed by atoms with Crippen LogP contribution in [0.1, 0.15) is 10.4 Å². The number of methoxy groups -OCH3 is 1. The van der Waals surface area contributed by atoms with E-state index in [1.165, 1.54) is 12.1 Å². The fraction of sp³-hybridized carbons (Fsp3) is 0.167. The zero-order valence-corrected chi connectivity index (χ0v) is 13.5. The van der Waals surface area contributed by atoms with Gasteiger partial charge in [-0.25, -0.2) is 4.39 Å². The second-order valence-electron chi connectivity index (χ2n) is 5.26. The Morgan fingerprint density at radius 2 is 2.00 bits per heavy atom. The lowest BCUT2D eigenvalue weighted by Crippen LogP contribution is -2.26. The highest BCUT2D eigenvalue weighted by Crippen LogP contribution is 2.23. The van der Waals surface area contributed by atoms with Crippen molar-refractivity contribution in [3.63, 3.8) is 0 Å². The summed E-state index contributed by atoms with van der Waals surface area (Å²) in [6, 6.07) is 12.7. The molecule has 0 saturated carbocycles. The van der Waals surface area contributed by atoms with Gasteiger partial charge in [-0.3, -0.25) is 4.79 Å². The van der Waals surface area contributed by atoms with Gasteiger partial charge < -0.3 is 14.6 Å². The molecular weight excluding hydrogens is 325 g/mol. The molecule has 1 heterocycles. The van der Waals surface area contributed by atoms with Gasteiger partial charge in [-0.2, -0.15) is 4.98 Å². The summed E-state index contributed by atoms with van der Waals surface area (Å²) in [6.07, 6.45) is 0. The predicted octanol–water partition coefficient (Wildman–Crippen LogP) is 2.92. The third-order valence-electron chi connectivity index (χ3n) is 3.49. The number of nitrogens with one attached hydrogen (secondary N) is 1. The summed E-state index contributed by atoms with van der Waals surface area (Å²) in [6.45, 7) is 0.866. The molecule has 0 unspecified atom stereocenters. The van der Waals surface area contributed by atoms with Crippen molar-refractivity contribution in [1.82, 2.24) is 15.5 Å². The highest BCUT2D eigenvalue weighted by atomic mass is 19.1. The predicted molar refractivity (Wildman–Crippen MR) is 89.3 cm³/mol. The number of hydrogen-bond acceptors (Lipinski definition) is 5. The summed E-state index contributed by atoms with van der Waals surface area (Å²) >= 11 is 0. The first-order valence-corrected chi connectivity index (χ1v) is 7.64. The summed E-state index contributed by atoms with van der Waals surface area (Å²) in [5, 5.41) is 6.65. The van der Waals surface area contributed by atoms with Crippen molar-refractivity contribution in [2.75, 3.05) is 20.3 Å². The Hall–Kier alpha value is -3.06. The van der Waals surface area contributed by atoms with Crippen molar-refractivity contribution < 1.29 is 18.4 Å². The van der Waals surface area contributed by atoms with Crippen LogP contribution in [0.5, 0.6) is 0 Å². The smallest absolute Gasteiger partial charge is 0.258 e. The fourth-order valence-corrected chi connectivity index (χ4v) is 2.22. The topological polar surface area (TPSA) is 77.2 Å². The molecule has 1 N–H and O–H groups in total. The first-order valence-electron chi connectivity index (χ1n) is 7.64. The number of benzene rings is 2. The van der Waals surface area contributed by atoms with Gasteiger partial charge in [-0.05, 0) is 42.5 Å². The Bertz CT molecular complexity index is 862. The Morgan fingerprint density at radius 3 is 2.76 bits per heavy atom. The summed E-state index contributed by atoms with van der Waals surface area (Å²) in [4.78, 5) is 16.4. The van der Waals surface area contributed by atoms with Crippen LogP contribution in [0, 0.1) is 5.82 Å². The van der Waals surface area contributed by atoms with Gasteiger partial charge in [0.05, 0.1) is 6.61 Å². The molecule has 3 aromatic rings. The lowest BCUT2D eigenvalue weighted by molar-refractivity contribution is 0.0937. The summed E-state index contributed by atoms with van der Waals surface area (Å²) < 4.78 is 23.2. The first-order chi connectivity index (χ1) is 12.2. The maximum Gasteiger partial charge on any atom is 0.258 e. The normalized spacial score (nSPS) is 10.6. The SMILES string of the molecule is COCCNC(=O)c1cccc(-c2nc(-c3ccc(F)cc3)no2)c1. The molecule has 25 heavy (non-hydrogen) atoms. The molecule has 0 bridgehead atoms. The van der Waals surface area contributed by atoms with Gasteiger partial charge in [-0.15, -0.1) is 0 Å². The monoisotopic (exact) mass is 341 g/mol. The number of aromatic nitrogens is 2. The van der Waals surface area contributed by atoms with Crippen molar-refractivity contribution in [2.24, 2.45) is 0 Å². The fourth-order valence-electron chi connectivity index (χ4n) is 2.22. The Balaban J connectivity index is 1.79. The van der Waals surface area contributed by atoms with Gasteiger partial charge in [0, 0.05) is 30.3 Å². The zero-order chi connectivity index (χ0) is 17.6. The van der Waals surface area contributed by atoms with Crippen LogP contribution in [0.3, 0.4) is 0 Å². The highest BCUT2D eigenvalue weighted by molar-refractivity contribution is 5.95. The Labute approximate surface area is 143 Å². The summed E-state index contributed by atoms with van der Waals surface area (Å²) in [5.41, 5.74) is 1.75. The number of amides is 1. The van der Waals surface area contributed by atoms with Crippen molar-refractivity contribution in [2.45, 2.75) is 0 Å². The number of carbonyl (C=O) groups is 1. The van der Waals surface area contributed by atoms with Crippen LogP contribution in [-0.4, -0.2) is 36.3 Å². The molecule has 0 aliphatic rings. The van der Waals surface area contributed by atoms with E-state index in [-0.39, 0.29) is 17.6 Å². The van der Waals surface area contributed by atoms with Gasteiger partial charge in [0.25, 0.3) is 11.8 Å². The minimum atomic E-state index is -0.334. The van der Waals surface area contributed by atoms with E-state index >= 15 is 0 Å². The minimum Gasteiger partial charge on any atom is -0.383 e. The van der Waals surface area contributed by atoms with E-state index in [9.17, 15) is 9.18 Å². The number of nitrogens with zero attached hydrogens (tertiary/aromatic N) is 2. The molecule has 3 rings (SSSR count). The minimum absolute atomic E-state index is 0.211. The van der Waals surface area contributed by atoms with Crippen molar-refractivity contribution in [3.05, 3.63) is 59.9 Å². The van der Waals surface area contributed by atoms with Crippen LogP contribution in [0.4, 0.5) is 4.39 Å². The van der Waals surface area contributed by atoms with Gasteiger partial charge in [0.2, 0.25) is 5.82 Å². The molecule has 128 valence electrons. The maximum absolute atomic E-state index is 13.0. The Kier molecular flexibility index (Phi) is 5.15. The van der Waals surface area contributed by atoms with E-state index in [1.807, 2.05) is 0 Å². The zero-order valence-electron chi connectivity index (χ0n) is 13.5. The number of rotatable bonds is 6.